The van der Waals surface area contributed by atoms with Crippen LogP contribution in [0.4, 0.5) is 5.69 Å². The Kier molecular flexibility index (Phi) is 5.91. The fraction of sp³-hybridized carbons (Fsp3) is 0.192. The summed E-state index contributed by atoms with van der Waals surface area (Å²) in [6.45, 7) is 5.88. The minimum absolute atomic E-state index is 0.0448. The Hall–Kier alpha value is -3.71. The number of aliphatic hydroxyl groups excluding tert-OH is 1. The first-order valence-electron chi connectivity index (χ1n) is 10.4. The average Bonchev–Trinajstić information content (AvgIpc) is 3.38. The Labute approximate surface area is 195 Å². The summed E-state index contributed by atoms with van der Waals surface area (Å²) < 4.78 is 0. The number of ketones is 1. The van der Waals surface area contributed by atoms with Crippen molar-refractivity contribution in [2.45, 2.75) is 33.2 Å². The van der Waals surface area contributed by atoms with E-state index < -0.39 is 23.7 Å². The number of rotatable bonds is 6. The van der Waals surface area contributed by atoms with Crippen LogP contribution < -0.4 is 4.90 Å². The predicted octanol–water partition coefficient (Wildman–Crippen LogP) is 5.08. The molecule has 3 aromatic rings. The molecule has 1 aliphatic heterocycles. The molecule has 0 saturated heterocycles. The third-order valence-electron chi connectivity index (χ3n) is 5.94. The van der Waals surface area contributed by atoms with Gasteiger partial charge in [0.05, 0.1) is 22.9 Å². The smallest absolute Gasteiger partial charge is 0.307 e. The maximum Gasteiger partial charge on any atom is 0.307 e. The number of anilines is 1. The van der Waals surface area contributed by atoms with Gasteiger partial charge < -0.3 is 10.2 Å². The van der Waals surface area contributed by atoms with E-state index in [1.807, 2.05) is 32.9 Å². The third-order valence-corrected chi connectivity index (χ3v) is 6.81. The topological polar surface area (TPSA) is 94.9 Å². The first-order chi connectivity index (χ1) is 15.7. The zero-order valence-corrected chi connectivity index (χ0v) is 19.3. The van der Waals surface area contributed by atoms with Crippen LogP contribution >= 0.6 is 11.3 Å². The highest BCUT2D eigenvalue weighted by Crippen LogP contribution is 2.43. The van der Waals surface area contributed by atoms with Crippen LogP contribution in [0.5, 0.6) is 0 Å². The van der Waals surface area contributed by atoms with Crippen LogP contribution in [-0.4, -0.2) is 27.9 Å². The van der Waals surface area contributed by atoms with Gasteiger partial charge in [0, 0.05) is 5.69 Å². The second-order valence-corrected chi connectivity index (χ2v) is 9.12. The van der Waals surface area contributed by atoms with Gasteiger partial charge in [0.25, 0.3) is 5.91 Å². The molecule has 0 fully saturated rings. The van der Waals surface area contributed by atoms with E-state index in [-0.39, 0.29) is 17.8 Å². The van der Waals surface area contributed by atoms with E-state index >= 15 is 0 Å². The number of aliphatic carboxylic acids is 1. The number of hydrogen-bond acceptors (Lipinski definition) is 5. The zero-order chi connectivity index (χ0) is 23.9. The Balaban J connectivity index is 1.87. The van der Waals surface area contributed by atoms with Crippen LogP contribution in [0.3, 0.4) is 0 Å². The van der Waals surface area contributed by atoms with Crippen LogP contribution in [0, 0.1) is 20.8 Å². The highest BCUT2D eigenvalue weighted by molar-refractivity contribution is 7.12. The number of nitrogens with zero attached hydrogens (tertiary/aromatic N) is 1. The number of carboxylic acids is 1. The summed E-state index contributed by atoms with van der Waals surface area (Å²) >= 11 is 1.25. The summed E-state index contributed by atoms with van der Waals surface area (Å²) in [7, 11) is 0. The molecular formula is C26H23NO5S. The molecule has 0 spiro atoms. The zero-order valence-electron chi connectivity index (χ0n) is 18.5. The van der Waals surface area contributed by atoms with E-state index in [0.29, 0.717) is 16.1 Å². The molecule has 1 amide bonds. The molecule has 0 unspecified atom stereocenters. The molecule has 1 atom stereocenters. The van der Waals surface area contributed by atoms with E-state index in [1.165, 1.54) is 16.2 Å². The monoisotopic (exact) mass is 461 g/mol. The van der Waals surface area contributed by atoms with Crippen molar-refractivity contribution < 1.29 is 24.6 Å². The summed E-state index contributed by atoms with van der Waals surface area (Å²) in [6.07, 6.45) is -0.139. The van der Waals surface area contributed by atoms with Crippen molar-refractivity contribution in [1.29, 1.82) is 0 Å². The maximum atomic E-state index is 13.4. The van der Waals surface area contributed by atoms with Crippen LogP contribution in [-0.2, 0) is 16.0 Å². The molecule has 0 bridgehead atoms. The van der Waals surface area contributed by atoms with Crippen molar-refractivity contribution in [1.82, 2.24) is 0 Å². The molecule has 7 heteroatoms. The average molecular weight is 462 g/mol. The van der Waals surface area contributed by atoms with Crippen molar-refractivity contribution in [3.05, 3.63) is 97.9 Å². The van der Waals surface area contributed by atoms with Crippen molar-refractivity contribution in [3.8, 4) is 0 Å². The minimum atomic E-state index is -0.952. The highest BCUT2D eigenvalue weighted by atomic mass is 32.1. The van der Waals surface area contributed by atoms with E-state index in [0.717, 1.165) is 22.3 Å². The van der Waals surface area contributed by atoms with Gasteiger partial charge in [-0.1, -0.05) is 30.3 Å². The fourth-order valence-corrected chi connectivity index (χ4v) is 4.84. The summed E-state index contributed by atoms with van der Waals surface area (Å²) in [5.41, 5.74) is 4.85. The SMILES string of the molecule is Cc1cc(C)c([C@H]2C(C(=O)c3cccs3)=C(O)C(=O)N2c2ccc(CC(=O)O)cc2)cc1C. The van der Waals surface area contributed by atoms with Gasteiger partial charge in [0.1, 0.15) is 0 Å². The quantitative estimate of drug-likeness (QED) is 0.499. The van der Waals surface area contributed by atoms with E-state index in [9.17, 15) is 19.5 Å². The maximum absolute atomic E-state index is 13.4. The number of Topliss-reactive ketones (excluding diaryl/α,β-unsaturated/α-hetero) is 1. The summed E-state index contributed by atoms with van der Waals surface area (Å²) in [4.78, 5) is 39.6. The molecule has 0 radical (unpaired) electrons. The number of aliphatic hydroxyl groups is 1. The molecule has 4 rings (SSSR count). The van der Waals surface area contributed by atoms with Crippen molar-refractivity contribution >= 4 is 34.7 Å². The third kappa shape index (κ3) is 4.07. The summed E-state index contributed by atoms with van der Waals surface area (Å²) in [5.74, 6) is -2.57. The van der Waals surface area contributed by atoms with Crippen LogP contribution in [0.25, 0.3) is 0 Å². The van der Waals surface area contributed by atoms with Gasteiger partial charge in [-0.2, -0.15) is 0 Å². The Morgan fingerprint density at radius 2 is 1.67 bits per heavy atom. The lowest BCUT2D eigenvalue weighted by molar-refractivity contribution is -0.136. The summed E-state index contributed by atoms with van der Waals surface area (Å²) in [5, 5.41) is 21.7. The molecule has 2 heterocycles. The highest BCUT2D eigenvalue weighted by Gasteiger charge is 2.45. The molecule has 2 aromatic carbocycles. The van der Waals surface area contributed by atoms with Gasteiger partial charge >= 0.3 is 5.97 Å². The molecule has 2 N–H and O–H groups in total. The lowest BCUT2D eigenvalue weighted by Crippen LogP contribution is -2.31. The standard InChI is InChI=1S/C26H23NO5S/c1-14-11-16(3)19(12-15(14)2)23-22(24(30)20-5-4-10-33-20)25(31)26(32)27(23)18-8-6-17(7-9-18)13-21(28)29/h4-12,23,31H,13H2,1-3H3,(H,28,29)/t23-/m0/s1. The Morgan fingerprint density at radius 3 is 2.27 bits per heavy atom. The number of carboxylic acid groups (broad SMARTS) is 1. The molecule has 0 aliphatic carbocycles. The van der Waals surface area contributed by atoms with Gasteiger partial charge in [0.2, 0.25) is 5.78 Å². The first kappa shape index (κ1) is 22.5. The second-order valence-electron chi connectivity index (χ2n) is 8.18. The lowest BCUT2D eigenvalue weighted by Gasteiger charge is -2.28. The predicted molar refractivity (Wildman–Crippen MR) is 127 cm³/mol. The molecular weight excluding hydrogens is 438 g/mol. The molecule has 168 valence electrons. The molecule has 0 saturated carbocycles. The number of hydrogen-bond donors (Lipinski definition) is 2. The van der Waals surface area contributed by atoms with Crippen LogP contribution in [0.2, 0.25) is 0 Å². The van der Waals surface area contributed by atoms with Gasteiger partial charge in [-0.3, -0.25) is 19.3 Å². The molecule has 1 aromatic heterocycles. The van der Waals surface area contributed by atoms with Gasteiger partial charge in [-0.05, 0) is 72.2 Å². The van der Waals surface area contributed by atoms with Gasteiger partial charge in [-0.25, -0.2) is 0 Å². The summed E-state index contributed by atoms with van der Waals surface area (Å²) in [6, 6.07) is 13.1. The Morgan fingerprint density at radius 1 is 1.00 bits per heavy atom. The van der Waals surface area contributed by atoms with Gasteiger partial charge in [-0.15, -0.1) is 11.3 Å². The van der Waals surface area contributed by atoms with E-state index in [2.05, 4.69) is 0 Å². The van der Waals surface area contributed by atoms with Crippen molar-refractivity contribution in [3.63, 3.8) is 0 Å². The normalized spacial score (nSPS) is 15.9. The molecule has 33 heavy (non-hydrogen) atoms. The van der Waals surface area contributed by atoms with Crippen LogP contribution in [0.15, 0.2) is 65.2 Å². The second kappa shape index (κ2) is 8.67. The minimum Gasteiger partial charge on any atom is -0.503 e. The van der Waals surface area contributed by atoms with E-state index in [4.69, 9.17) is 5.11 Å². The largest absolute Gasteiger partial charge is 0.503 e. The van der Waals surface area contributed by atoms with Gasteiger partial charge in [0.15, 0.2) is 5.76 Å². The van der Waals surface area contributed by atoms with E-state index in [1.54, 1.807) is 41.8 Å². The number of amides is 1. The number of carbonyl (C=O) groups excluding carboxylic acids is 2. The molecule has 6 nitrogen and oxygen atoms in total. The Bertz CT molecular complexity index is 1290. The lowest BCUT2D eigenvalue weighted by atomic mass is 9.89. The number of carbonyl (C=O) groups is 3. The van der Waals surface area contributed by atoms with Crippen LogP contribution in [0.1, 0.15) is 43.5 Å². The number of aryl methyl sites for hydroxylation is 3. The first-order valence-corrected chi connectivity index (χ1v) is 11.3. The number of benzene rings is 2. The molecule has 1 aliphatic rings. The fourth-order valence-electron chi connectivity index (χ4n) is 4.16. The van der Waals surface area contributed by atoms with Crippen molar-refractivity contribution in [2.75, 3.05) is 4.90 Å². The van der Waals surface area contributed by atoms with Crippen molar-refractivity contribution in [2.24, 2.45) is 0 Å². The number of thiophene rings is 1.